The third-order valence-electron chi connectivity index (χ3n) is 3.11. The van der Waals surface area contributed by atoms with E-state index in [4.69, 9.17) is 0 Å². The van der Waals surface area contributed by atoms with Crippen LogP contribution in [0, 0.1) is 13.8 Å². The minimum absolute atomic E-state index is 0.294. The number of nitrogens with one attached hydrogen (secondary N) is 1. The van der Waals surface area contributed by atoms with Crippen molar-refractivity contribution in [3.63, 3.8) is 0 Å². The van der Waals surface area contributed by atoms with Gasteiger partial charge < -0.3 is 5.32 Å². The Morgan fingerprint density at radius 2 is 1.78 bits per heavy atom. The van der Waals surface area contributed by atoms with Crippen LogP contribution in [0.25, 0.3) is 0 Å². The molecule has 1 nitrogen and oxygen atoms in total. The maximum absolute atomic E-state index is 3.63. The van der Waals surface area contributed by atoms with Crippen molar-refractivity contribution in [2.45, 2.75) is 26.8 Å². The van der Waals surface area contributed by atoms with Crippen LogP contribution < -0.4 is 5.32 Å². The lowest BCUT2D eigenvalue weighted by Gasteiger charge is -2.18. The highest BCUT2D eigenvalue weighted by molar-refractivity contribution is 9.10. The van der Waals surface area contributed by atoms with Gasteiger partial charge in [0.1, 0.15) is 0 Å². The second kappa shape index (κ2) is 5.57. The Balaban J connectivity index is 2.21. The van der Waals surface area contributed by atoms with E-state index < -0.39 is 0 Å². The lowest BCUT2D eigenvalue weighted by atomic mass is 10.1. The molecular formula is C16H18BrN. The number of halogens is 1. The predicted molar refractivity (Wildman–Crippen MR) is 82.1 cm³/mol. The van der Waals surface area contributed by atoms with E-state index in [-0.39, 0.29) is 0 Å². The third-order valence-corrected chi connectivity index (χ3v) is 4.16. The van der Waals surface area contributed by atoms with Crippen LogP contribution in [0.2, 0.25) is 0 Å². The van der Waals surface area contributed by atoms with E-state index >= 15 is 0 Å². The van der Waals surface area contributed by atoms with Gasteiger partial charge >= 0.3 is 0 Å². The van der Waals surface area contributed by atoms with Crippen LogP contribution in [0.15, 0.2) is 46.9 Å². The molecule has 2 heteroatoms. The largest absolute Gasteiger partial charge is 0.378 e. The summed E-state index contributed by atoms with van der Waals surface area (Å²) in [5.41, 5.74) is 4.99. The molecule has 0 fully saturated rings. The number of hydrogen-bond acceptors (Lipinski definition) is 1. The molecule has 1 N–H and O–H groups in total. The summed E-state index contributed by atoms with van der Waals surface area (Å²) in [7, 11) is 0. The first-order valence-corrected chi connectivity index (χ1v) is 6.95. The molecule has 0 radical (unpaired) electrons. The number of rotatable bonds is 3. The average molecular weight is 304 g/mol. The van der Waals surface area contributed by atoms with Gasteiger partial charge in [0.2, 0.25) is 0 Å². The van der Waals surface area contributed by atoms with Crippen LogP contribution in [0.3, 0.4) is 0 Å². The van der Waals surface area contributed by atoms with Crippen molar-refractivity contribution >= 4 is 21.6 Å². The lowest BCUT2D eigenvalue weighted by molar-refractivity contribution is 0.881. The predicted octanol–water partition coefficient (Wildman–Crippen LogP) is 5.24. The van der Waals surface area contributed by atoms with E-state index in [1.807, 2.05) is 0 Å². The Morgan fingerprint density at radius 3 is 2.50 bits per heavy atom. The zero-order chi connectivity index (χ0) is 13.1. The smallest absolute Gasteiger partial charge is 0.0492 e. The molecule has 0 aromatic heterocycles. The highest BCUT2D eigenvalue weighted by Gasteiger charge is 2.08. The summed E-state index contributed by atoms with van der Waals surface area (Å²) in [4.78, 5) is 0. The second-order valence-electron chi connectivity index (χ2n) is 4.72. The number of benzene rings is 2. The Hall–Kier alpha value is -1.28. The minimum atomic E-state index is 0.294. The summed E-state index contributed by atoms with van der Waals surface area (Å²) >= 11 is 3.63. The van der Waals surface area contributed by atoms with E-state index in [0.717, 1.165) is 10.2 Å². The zero-order valence-electron chi connectivity index (χ0n) is 11.0. The standard InChI is InChI=1S/C16H18BrN/c1-11-6-4-8-14(10-11)13(3)18-15-9-5-7-12(2)16(15)17/h4-10,13,18H,1-3H3. The molecule has 0 bridgehead atoms. The van der Waals surface area contributed by atoms with Crippen LogP contribution in [0.1, 0.15) is 29.7 Å². The molecule has 1 atom stereocenters. The topological polar surface area (TPSA) is 12.0 Å². The summed E-state index contributed by atoms with van der Waals surface area (Å²) in [6.07, 6.45) is 0. The molecule has 0 heterocycles. The van der Waals surface area contributed by atoms with Crippen LogP contribution in [0.5, 0.6) is 0 Å². The molecule has 0 amide bonds. The normalized spacial score (nSPS) is 12.2. The fourth-order valence-corrected chi connectivity index (χ4v) is 2.39. The van der Waals surface area contributed by atoms with Crippen molar-refractivity contribution in [3.8, 4) is 0 Å². The first-order valence-electron chi connectivity index (χ1n) is 6.16. The van der Waals surface area contributed by atoms with E-state index in [1.54, 1.807) is 0 Å². The van der Waals surface area contributed by atoms with Gasteiger partial charge in [-0.1, -0.05) is 42.0 Å². The number of hydrogen-bond donors (Lipinski definition) is 1. The minimum Gasteiger partial charge on any atom is -0.378 e. The number of aryl methyl sites for hydroxylation is 2. The molecule has 0 aliphatic carbocycles. The summed E-state index contributed by atoms with van der Waals surface area (Å²) < 4.78 is 1.14. The van der Waals surface area contributed by atoms with Crippen molar-refractivity contribution in [2.75, 3.05) is 5.32 Å². The maximum atomic E-state index is 3.63. The van der Waals surface area contributed by atoms with Crippen LogP contribution in [-0.2, 0) is 0 Å². The monoisotopic (exact) mass is 303 g/mol. The Kier molecular flexibility index (Phi) is 4.07. The molecule has 18 heavy (non-hydrogen) atoms. The Morgan fingerprint density at radius 1 is 1.06 bits per heavy atom. The quantitative estimate of drug-likeness (QED) is 0.817. The van der Waals surface area contributed by atoms with Crippen molar-refractivity contribution in [2.24, 2.45) is 0 Å². The van der Waals surface area contributed by atoms with Gasteiger partial charge in [0, 0.05) is 16.2 Å². The summed E-state index contributed by atoms with van der Waals surface area (Å²) in [5, 5.41) is 3.55. The Labute approximate surface area is 117 Å². The van der Waals surface area contributed by atoms with Gasteiger partial charge in [-0.15, -0.1) is 0 Å². The summed E-state index contributed by atoms with van der Waals surface area (Å²) in [6.45, 7) is 6.41. The number of anilines is 1. The molecule has 0 saturated heterocycles. The first-order chi connectivity index (χ1) is 8.58. The molecule has 0 aliphatic heterocycles. The first kappa shape index (κ1) is 13.2. The molecule has 0 saturated carbocycles. The fourth-order valence-electron chi connectivity index (χ4n) is 2.01. The summed E-state index contributed by atoms with van der Waals surface area (Å²) in [6, 6.07) is 15.2. The van der Waals surface area contributed by atoms with Gasteiger partial charge in [-0.3, -0.25) is 0 Å². The highest BCUT2D eigenvalue weighted by Crippen LogP contribution is 2.29. The van der Waals surface area contributed by atoms with Gasteiger partial charge in [-0.25, -0.2) is 0 Å². The van der Waals surface area contributed by atoms with Crippen LogP contribution in [0.4, 0.5) is 5.69 Å². The van der Waals surface area contributed by atoms with Crippen molar-refractivity contribution in [3.05, 3.63) is 63.6 Å². The Bertz CT molecular complexity index is 549. The highest BCUT2D eigenvalue weighted by atomic mass is 79.9. The third kappa shape index (κ3) is 2.94. The van der Waals surface area contributed by atoms with E-state index in [1.165, 1.54) is 16.7 Å². The molecule has 2 aromatic carbocycles. The maximum Gasteiger partial charge on any atom is 0.0492 e. The van der Waals surface area contributed by atoms with Crippen molar-refractivity contribution < 1.29 is 0 Å². The van der Waals surface area contributed by atoms with Crippen molar-refractivity contribution in [1.82, 2.24) is 0 Å². The molecule has 2 aromatic rings. The average Bonchev–Trinajstić information content (AvgIpc) is 2.35. The van der Waals surface area contributed by atoms with Gasteiger partial charge in [-0.05, 0) is 53.9 Å². The molecule has 0 spiro atoms. The molecule has 2 rings (SSSR count). The molecule has 0 aliphatic rings. The van der Waals surface area contributed by atoms with Gasteiger partial charge in [0.15, 0.2) is 0 Å². The fraction of sp³-hybridized carbons (Fsp3) is 0.250. The lowest BCUT2D eigenvalue weighted by Crippen LogP contribution is -2.07. The molecule has 94 valence electrons. The summed E-state index contributed by atoms with van der Waals surface area (Å²) in [5.74, 6) is 0. The van der Waals surface area contributed by atoms with Gasteiger partial charge in [0.25, 0.3) is 0 Å². The van der Waals surface area contributed by atoms with Gasteiger partial charge in [0.05, 0.1) is 0 Å². The van der Waals surface area contributed by atoms with E-state index in [9.17, 15) is 0 Å². The SMILES string of the molecule is Cc1cccc(C(C)Nc2cccc(C)c2Br)c1. The van der Waals surface area contributed by atoms with Gasteiger partial charge in [-0.2, -0.15) is 0 Å². The second-order valence-corrected chi connectivity index (χ2v) is 5.51. The molecule has 1 unspecified atom stereocenters. The zero-order valence-corrected chi connectivity index (χ0v) is 12.6. The molecular weight excluding hydrogens is 286 g/mol. The van der Waals surface area contributed by atoms with E-state index in [2.05, 4.69) is 84.5 Å². The van der Waals surface area contributed by atoms with Crippen LogP contribution >= 0.6 is 15.9 Å². The van der Waals surface area contributed by atoms with Crippen molar-refractivity contribution in [1.29, 1.82) is 0 Å². The van der Waals surface area contributed by atoms with Crippen LogP contribution in [-0.4, -0.2) is 0 Å². The van der Waals surface area contributed by atoms with E-state index in [0.29, 0.717) is 6.04 Å².